The van der Waals surface area contributed by atoms with Crippen molar-refractivity contribution in [2.75, 3.05) is 0 Å². The van der Waals surface area contributed by atoms with Gasteiger partial charge in [0.15, 0.2) is 0 Å². The van der Waals surface area contributed by atoms with Crippen LogP contribution in [0.3, 0.4) is 0 Å². The minimum atomic E-state index is 0. The van der Waals surface area contributed by atoms with Gasteiger partial charge in [0.1, 0.15) is 5.01 Å². The normalized spacial score (nSPS) is 10.4. The number of hydrogen-bond acceptors (Lipinski definition) is 2. The van der Waals surface area contributed by atoms with Gasteiger partial charge in [-0.3, -0.25) is 0 Å². The summed E-state index contributed by atoms with van der Waals surface area (Å²) < 4.78 is 0. The van der Waals surface area contributed by atoms with E-state index in [-0.39, 0.29) is 12.4 Å². The molecule has 0 fully saturated rings. The van der Waals surface area contributed by atoms with Crippen LogP contribution in [-0.2, 0) is 5.88 Å². The van der Waals surface area contributed by atoms with Crippen molar-refractivity contribution in [3.63, 3.8) is 0 Å². The largest absolute Gasteiger partial charge is 0.240 e. The van der Waals surface area contributed by atoms with Crippen LogP contribution < -0.4 is 0 Å². The van der Waals surface area contributed by atoms with E-state index in [1.54, 1.807) is 11.3 Å². The van der Waals surface area contributed by atoms with Crippen LogP contribution in [0, 0.1) is 0 Å². The molecule has 0 aliphatic heterocycles. The lowest BCUT2D eigenvalue weighted by molar-refractivity contribution is 0.867. The van der Waals surface area contributed by atoms with Crippen molar-refractivity contribution in [1.29, 1.82) is 0 Å². The minimum Gasteiger partial charge on any atom is -0.240 e. The van der Waals surface area contributed by atoms with Gasteiger partial charge in [-0.15, -0.1) is 35.3 Å². The number of hydrogen-bond donors (Lipinski definition) is 0. The zero-order chi connectivity index (χ0) is 11.5. The van der Waals surface area contributed by atoms with Crippen LogP contribution in [0.2, 0.25) is 0 Å². The lowest BCUT2D eigenvalue weighted by Gasteiger charge is -2.05. The van der Waals surface area contributed by atoms with Crippen molar-refractivity contribution >= 4 is 35.3 Å². The molecule has 0 aliphatic rings. The summed E-state index contributed by atoms with van der Waals surface area (Å²) in [4.78, 5) is 4.46. The number of halogens is 2. The van der Waals surface area contributed by atoms with Gasteiger partial charge in [0.05, 0.1) is 11.6 Å². The van der Waals surface area contributed by atoms with Gasteiger partial charge in [0.25, 0.3) is 0 Å². The maximum absolute atomic E-state index is 5.74. The van der Waals surface area contributed by atoms with E-state index in [1.807, 2.05) is 5.38 Å². The van der Waals surface area contributed by atoms with Crippen molar-refractivity contribution in [3.8, 4) is 10.6 Å². The van der Waals surface area contributed by atoms with E-state index in [0.29, 0.717) is 11.8 Å². The molecule has 1 aromatic carbocycles. The molecule has 0 saturated heterocycles. The second-order valence-corrected chi connectivity index (χ2v) is 5.18. The summed E-state index contributed by atoms with van der Waals surface area (Å²) in [6.07, 6.45) is 0. The van der Waals surface area contributed by atoms with Crippen molar-refractivity contribution in [1.82, 2.24) is 4.98 Å². The average Bonchev–Trinajstić information content (AvgIpc) is 2.77. The van der Waals surface area contributed by atoms with Crippen LogP contribution in [0.15, 0.2) is 29.6 Å². The maximum atomic E-state index is 5.74. The summed E-state index contributed by atoms with van der Waals surface area (Å²) in [5, 5.41) is 3.06. The molecule has 0 atom stereocenters. The number of nitrogens with zero attached hydrogens (tertiary/aromatic N) is 1. The number of alkyl halides is 1. The average molecular weight is 288 g/mol. The minimum absolute atomic E-state index is 0. The Hall–Kier alpha value is -0.570. The highest BCUT2D eigenvalue weighted by Crippen LogP contribution is 2.26. The molecular weight excluding hydrogens is 273 g/mol. The summed E-state index contributed by atoms with van der Waals surface area (Å²) in [7, 11) is 0. The third kappa shape index (κ3) is 3.44. The molecule has 0 radical (unpaired) electrons. The maximum Gasteiger partial charge on any atom is 0.123 e. The van der Waals surface area contributed by atoms with Crippen molar-refractivity contribution in [2.24, 2.45) is 0 Å². The summed E-state index contributed by atoms with van der Waals surface area (Å²) in [6, 6.07) is 8.60. The molecule has 4 heteroatoms. The Balaban J connectivity index is 0.00000144. The topological polar surface area (TPSA) is 12.9 Å². The molecule has 0 bridgehead atoms. The SMILES string of the molecule is CC(C)c1ccc(-c2nc(CCl)cs2)cc1.Cl. The van der Waals surface area contributed by atoms with Gasteiger partial charge in [-0.2, -0.15) is 0 Å². The highest BCUT2D eigenvalue weighted by atomic mass is 35.5. The van der Waals surface area contributed by atoms with E-state index in [2.05, 4.69) is 43.1 Å². The molecule has 0 N–H and O–H groups in total. The summed E-state index contributed by atoms with van der Waals surface area (Å²) in [5.74, 6) is 1.06. The van der Waals surface area contributed by atoms with Crippen LogP contribution in [-0.4, -0.2) is 4.98 Å². The number of benzene rings is 1. The summed E-state index contributed by atoms with van der Waals surface area (Å²) in [5.41, 5.74) is 3.48. The molecule has 1 nitrogen and oxygen atoms in total. The molecule has 0 amide bonds. The Morgan fingerprint density at radius 2 is 1.88 bits per heavy atom. The second-order valence-electron chi connectivity index (χ2n) is 4.05. The zero-order valence-corrected chi connectivity index (χ0v) is 12.2. The Bertz CT molecular complexity index is 463. The fraction of sp³-hybridized carbons (Fsp3) is 0.308. The number of thiazole rings is 1. The van der Waals surface area contributed by atoms with Crippen LogP contribution >= 0.6 is 35.3 Å². The van der Waals surface area contributed by atoms with Gasteiger partial charge in [-0.25, -0.2) is 4.98 Å². The van der Waals surface area contributed by atoms with Gasteiger partial charge in [-0.1, -0.05) is 38.1 Å². The van der Waals surface area contributed by atoms with Crippen molar-refractivity contribution in [2.45, 2.75) is 25.6 Å². The predicted octanol–water partition coefficient (Wildman–Crippen LogP) is 5.09. The van der Waals surface area contributed by atoms with E-state index in [0.717, 1.165) is 10.7 Å². The Morgan fingerprint density at radius 3 is 2.35 bits per heavy atom. The summed E-state index contributed by atoms with van der Waals surface area (Å²) in [6.45, 7) is 4.40. The van der Waals surface area contributed by atoms with Gasteiger partial charge >= 0.3 is 0 Å². The third-order valence-electron chi connectivity index (χ3n) is 2.51. The Kier molecular flexibility index (Phi) is 5.44. The van der Waals surface area contributed by atoms with E-state index in [9.17, 15) is 0 Å². The van der Waals surface area contributed by atoms with Gasteiger partial charge in [0.2, 0.25) is 0 Å². The molecule has 17 heavy (non-hydrogen) atoms. The first-order valence-electron chi connectivity index (χ1n) is 5.31. The quantitative estimate of drug-likeness (QED) is 0.716. The lowest BCUT2D eigenvalue weighted by Crippen LogP contribution is -1.86. The van der Waals surface area contributed by atoms with Crippen LogP contribution in [0.5, 0.6) is 0 Å². The van der Waals surface area contributed by atoms with Gasteiger partial charge in [0, 0.05) is 10.9 Å². The first kappa shape index (κ1) is 14.5. The third-order valence-corrected chi connectivity index (χ3v) is 3.73. The first-order chi connectivity index (χ1) is 7.70. The van der Waals surface area contributed by atoms with Gasteiger partial charge < -0.3 is 0 Å². The first-order valence-corrected chi connectivity index (χ1v) is 6.73. The zero-order valence-electron chi connectivity index (χ0n) is 9.81. The fourth-order valence-electron chi connectivity index (χ4n) is 1.51. The molecule has 92 valence electrons. The molecule has 2 aromatic rings. The highest BCUT2D eigenvalue weighted by Gasteiger charge is 2.05. The Labute approximate surface area is 117 Å². The molecule has 1 aromatic heterocycles. The highest BCUT2D eigenvalue weighted by molar-refractivity contribution is 7.13. The lowest BCUT2D eigenvalue weighted by atomic mass is 10.0. The van der Waals surface area contributed by atoms with Crippen LogP contribution in [0.25, 0.3) is 10.6 Å². The Morgan fingerprint density at radius 1 is 1.24 bits per heavy atom. The fourth-order valence-corrected chi connectivity index (χ4v) is 2.57. The van der Waals surface area contributed by atoms with E-state index < -0.39 is 0 Å². The monoisotopic (exact) mass is 287 g/mol. The standard InChI is InChI=1S/C13H14ClNS.ClH/c1-9(2)10-3-5-11(6-4-10)13-15-12(7-14)8-16-13;/h3-6,8-9H,7H2,1-2H3;1H. The second kappa shape index (κ2) is 6.39. The van der Waals surface area contributed by atoms with Crippen molar-refractivity contribution in [3.05, 3.63) is 40.9 Å². The summed E-state index contributed by atoms with van der Waals surface area (Å²) >= 11 is 7.38. The van der Waals surface area contributed by atoms with E-state index in [1.165, 1.54) is 11.1 Å². The molecule has 0 unspecified atom stereocenters. The molecule has 0 aliphatic carbocycles. The molecule has 0 spiro atoms. The van der Waals surface area contributed by atoms with Gasteiger partial charge in [-0.05, 0) is 11.5 Å². The molecular formula is C13H15Cl2NS. The molecule has 2 rings (SSSR count). The van der Waals surface area contributed by atoms with E-state index >= 15 is 0 Å². The van der Waals surface area contributed by atoms with Crippen molar-refractivity contribution < 1.29 is 0 Å². The predicted molar refractivity (Wildman–Crippen MR) is 78.4 cm³/mol. The molecule has 1 heterocycles. The van der Waals surface area contributed by atoms with E-state index in [4.69, 9.17) is 11.6 Å². The number of rotatable bonds is 3. The van der Waals surface area contributed by atoms with Crippen LogP contribution in [0.4, 0.5) is 0 Å². The number of aromatic nitrogens is 1. The van der Waals surface area contributed by atoms with Crippen LogP contribution in [0.1, 0.15) is 31.0 Å². The molecule has 0 saturated carbocycles. The smallest absolute Gasteiger partial charge is 0.123 e.